The van der Waals surface area contributed by atoms with Crippen LogP contribution in [-0.4, -0.2) is 47.0 Å². The van der Waals surface area contributed by atoms with Crippen molar-refractivity contribution in [3.63, 3.8) is 0 Å². The van der Waals surface area contributed by atoms with Gasteiger partial charge in [-0.25, -0.2) is 4.79 Å². The van der Waals surface area contributed by atoms with Crippen LogP contribution in [0.25, 0.3) is 0 Å². The van der Waals surface area contributed by atoms with Gasteiger partial charge in [-0.2, -0.15) is 0 Å². The third-order valence-electron chi connectivity index (χ3n) is 6.78. The SMILES string of the molecule is CC(C)(C)OC(=O)N[C@@H](C(=O)N1CCC[C@H]1C(=O)NCc1cccc(Cl)c1)C(c1ccccc1)c1ccccc1. The van der Waals surface area contributed by atoms with E-state index in [4.69, 9.17) is 16.3 Å². The highest BCUT2D eigenvalue weighted by atomic mass is 35.5. The molecular weight excluding hydrogens is 526 g/mol. The predicted molar refractivity (Wildman–Crippen MR) is 156 cm³/mol. The number of nitrogens with zero attached hydrogens (tertiary/aromatic N) is 1. The van der Waals surface area contributed by atoms with E-state index in [9.17, 15) is 14.4 Å². The van der Waals surface area contributed by atoms with Crippen LogP contribution in [0.1, 0.15) is 56.2 Å². The van der Waals surface area contributed by atoms with Gasteiger partial charge >= 0.3 is 6.09 Å². The minimum atomic E-state index is -0.999. The Balaban J connectivity index is 1.64. The maximum absolute atomic E-state index is 14.3. The van der Waals surface area contributed by atoms with Crippen LogP contribution in [-0.2, 0) is 20.9 Å². The number of amides is 3. The van der Waals surface area contributed by atoms with Crippen molar-refractivity contribution in [2.75, 3.05) is 6.54 Å². The van der Waals surface area contributed by atoms with E-state index < -0.39 is 29.7 Å². The van der Waals surface area contributed by atoms with Crippen LogP contribution in [0.3, 0.4) is 0 Å². The van der Waals surface area contributed by atoms with Crippen LogP contribution in [0.4, 0.5) is 4.79 Å². The Morgan fingerprint density at radius 3 is 2.15 bits per heavy atom. The lowest BCUT2D eigenvalue weighted by atomic mass is 9.84. The van der Waals surface area contributed by atoms with E-state index in [0.717, 1.165) is 16.7 Å². The molecule has 1 aliphatic heterocycles. The summed E-state index contributed by atoms with van der Waals surface area (Å²) in [6, 6.07) is 24.8. The average Bonchev–Trinajstić information content (AvgIpc) is 3.41. The number of carbonyl (C=O) groups excluding carboxylic acids is 3. The zero-order chi connectivity index (χ0) is 28.7. The van der Waals surface area contributed by atoms with Gasteiger partial charge in [0, 0.05) is 24.0 Å². The number of likely N-dealkylation sites (tertiary alicyclic amines) is 1. The number of hydrogen-bond acceptors (Lipinski definition) is 4. The molecule has 210 valence electrons. The third kappa shape index (κ3) is 7.63. The molecule has 40 heavy (non-hydrogen) atoms. The van der Waals surface area contributed by atoms with Gasteiger partial charge in [-0.05, 0) is 62.4 Å². The third-order valence-corrected chi connectivity index (χ3v) is 7.02. The molecule has 0 aromatic heterocycles. The van der Waals surface area contributed by atoms with Crippen molar-refractivity contribution in [1.82, 2.24) is 15.5 Å². The minimum absolute atomic E-state index is 0.238. The smallest absolute Gasteiger partial charge is 0.408 e. The lowest BCUT2D eigenvalue weighted by molar-refractivity contribution is -0.140. The second-order valence-corrected chi connectivity index (χ2v) is 11.4. The molecule has 1 saturated heterocycles. The molecule has 0 unspecified atom stereocenters. The molecule has 7 nitrogen and oxygen atoms in total. The molecule has 0 radical (unpaired) electrons. The fourth-order valence-electron chi connectivity index (χ4n) is 5.06. The first-order valence-corrected chi connectivity index (χ1v) is 13.9. The maximum atomic E-state index is 14.3. The average molecular weight is 562 g/mol. The lowest BCUT2D eigenvalue weighted by Gasteiger charge is -2.34. The highest BCUT2D eigenvalue weighted by Crippen LogP contribution is 2.31. The van der Waals surface area contributed by atoms with E-state index in [1.54, 1.807) is 37.8 Å². The quantitative estimate of drug-likeness (QED) is 0.371. The summed E-state index contributed by atoms with van der Waals surface area (Å²) >= 11 is 6.09. The summed E-state index contributed by atoms with van der Waals surface area (Å²) in [5.41, 5.74) is 1.85. The van der Waals surface area contributed by atoms with Gasteiger partial charge in [-0.1, -0.05) is 84.4 Å². The molecule has 3 aromatic carbocycles. The number of carbonyl (C=O) groups is 3. The van der Waals surface area contributed by atoms with Crippen molar-refractivity contribution in [3.8, 4) is 0 Å². The first kappa shape index (κ1) is 29.2. The van der Waals surface area contributed by atoms with Crippen LogP contribution < -0.4 is 10.6 Å². The number of benzene rings is 3. The molecule has 0 bridgehead atoms. The number of hydrogen-bond donors (Lipinski definition) is 2. The molecule has 0 spiro atoms. The summed E-state index contributed by atoms with van der Waals surface area (Å²) in [6.07, 6.45) is 0.527. The summed E-state index contributed by atoms with van der Waals surface area (Å²) in [5, 5.41) is 6.42. The van der Waals surface area contributed by atoms with E-state index in [-0.39, 0.29) is 11.8 Å². The Labute approximate surface area is 240 Å². The van der Waals surface area contributed by atoms with Gasteiger partial charge in [0.25, 0.3) is 0 Å². The molecular formula is C32H36ClN3O4. The molecule has 0 aliphatic carbocycles. The molecule has 8 heteroatoms. The monoisotopic (exact) mass is 561 g/mol. The minimum Gasteiger partial charge on any atom is -0.444 e. The number of halogens is 1. The van der Waals surface area contributed by atoms with E-state index in [1.807, 2.05) is 72.8 Å². The number of alkyl carbamates (subject to hydrolysis) is 1. The first-order chi connectivity index (χ1) is 19.1. The molecule has 2 N–H and O–H groups in total. The standard InChI is InChI=1S/C32H36ClN3O4/c1-32(2,3)40-31(39)35-28(27(23-13-6-4-7-14-23)24-15-8-5-9-16-24)30(38)36-19-11-18-26(36)29(37)34-21-22-12-10-17-25(33)20-22/h4-10,12-17,20,26-28H,11,18-19,21H2,1-3H3,(H,34,37)(H,35,39)/t26-,28+/m0/s1. The Bertz CT molecular complexity index is 1270. The summed E-state index contributed by atoms with van der Waals surface area (Å²) in [7, 11) is 0. The Kier molecular flexibility index (Phi) is 9.48. The van der Waals surface area contributed by atoms with Crippen LogP contribution in [0.2, 0.25) is 5.02 Å². The van der Waals surface area contributed by atoms with E-state index in [2.05, 4.69) is 10.6 Å². The zero-order valence-electron chi connectivity index (χ0n) is 23.1. The molecule has 1 heterocycles. The van der Waals surface area contributed by atoms with Gasteiger partial charge in [-0.3, -0.25) is 9.59 Å². The van der Waals surface area contributed by atoms with Crippen LogP contribution in [0.5, 0.6) is 0 Å². The van der Waals surface area contributed by atoms with Crippen molar-refractivity contribution in [3.05, 3.63) is 107 Å². The molecule has 1 aliphatic rings. The molecule has 0 saturated carbocycles. The highest BCUT2D eigenvalue weighted by Gasteiger charge is 2.42. The predicted octanol–water partition coefficient (Wildman–Crippen LogP) is 5.67. The van der Waals surface area contributed by atoms with Crippen molar-refractivity contribution in [2.45, 2.75) is 63.8 Å². The molecule has 2 atom stereocenters. The van der Waals surface area contributed by atoms with E-state index in [1.165, 1.54) is 0 Å². The number of ether oxygens (including phenoxy) is 1. The Morgan fingerprint density at radius 2 is 1.57 bits per heavy atom. The largest absolute Gasteiger partial charge is 0.444 e. The van der Waals surface area contributed by atoms with Gasteiger partial charge in [-0.15, -0.1) is 0 Å². The lowest BCUT2D eigenvalue weighted by Crippen LogP contribution is -2.56. The Hall–Kier alpha value is -3.84. The summed E-state index contributed by atoms with van der Waals surface area (Å²) in [6.45, 7) is 6.03. The van der Waals surface area contributed by atoms with Gasteiger partial charge in [0.15, 0.2) is 0 Å². The van der Waals surface area contributed by atoms with Gasteiger partial charge in [0.1, 0.15) is 17.7 Å². The fourth-order valence-corrected chi connectivity index (χ4v) is 5.27. The zero-order valence-corrected chi connectivity index (χ0v) is 23.9. The van der Waals surface area contributed by atoms with Gasteiger partial charge < -0.3 is 20.3 Å². The van der Waals surface area contributed by atoms with E-state index >= 15 is 0 Å². The summed E-state index contributed by atoms with van der Waals surface area (Å²) in [5.74, 6) is -1.07. The molecule has 4 rings (SSSR count). The second-order valence-electron chi connectivity index (χ2n) is 11.0. The van der Waals surface area contributed by atoms with Crippen molar-refractivity contribution in [2.24, 2.45) is 0 Å². The first-order valence-electron chi connectivity index (χ1n) is 13.5. The normalized spacial score (nSPS) is 15.9. The van der Waals surface area contributed by atoms with Crippen molar-refractivity contribution < 1.29 is 19.1 Å². The van der Waals surface area contributed by atoms with Gasteiger partial charge in [0.2, 0.25) is 11.8 Å². The fraction of sp³-hybridized carbons (Fsp3) is 0.344. The molecule has 3 amide bonds. The van der Waals surface area contributed by atoms with Crippen molar-refractivity contribution in [1.29, 1.82) is 0 Å². The maximum Gasteiger partial charge on any atom is 0.408 e. The summed E-state index contributed by atoms with van der Waals surface area (Å²) < 4.78 is 5.56. The molecule has 1 fully saturated rings. The van der Waals surface area contributed by atoms with Crippen LogP contribution >= 0.6 is 11.6 Å². The number of rotatable bonds is 8. The van der Waals surface area contributed by atoms with Crippen LogP contribution in [0, 0.1) is 0 Å². The van der Waals surface area contributed by atoms with Gasteiger partial charge in [0.05, 0.1) is 0 Å². The Morgan fingerprint density at radius 1 is 0.950 bits per heavy atom. The van der Waals surface area contributed by atoms with Crippen LogP contribution in [0.15, 0.2) is 84.9 Å². The number of nitrogens with one attached hydrogen (secondary N) is 2. The topological polar surface area (TPSA) is 87.7 Å². The van der Waals surface area contributed by atoms with E-state index in [0.29, 0.717) is 31.0 Å². The molecule has 3 aromatic rings. The second kappa shape index (κ2) is 13.0. The summed E-state index contributed by atoms with van der Waals surface area (Å²) in [4.78, 5) is 42.3. The highest BCUT2D eigenvalue weighted by molar-refractivity contribution is 6.30. The van der Waals surface area contributed by atoms with Crippen molar-refractivity contribution >= 4 is 29.5 Å².